The molecule has 8 heteroatoms. The van der Waals surface area contributed by atoms with Crippen LogP contribution in [0.2, 0.25) is 0 Å². The zero-order chi connectivity index (χ0) is 28.2. The predicted molar refractivity (Wildman–Crippen MR) is 150 cm³/mol. The van der Waals surface area contributed by atoms with E-state index in [2.05, 4.69) is 28.9 Å². The monoisotopic (exact) mass is 533 g/mol. The van der Waals surface area contributed by atoms with Gasteiger partial charge < -0.3 is 15.7 Å². The van der Waals surface area contributed by atoms with Crippen LogP contribution in [0.5, 0.6) is 0 Å². The molecule has 3 aromatic carbocycles. The lowest BCUT2D eigenvalue weighted by molar-refractivity contribution is -0.131. The molecular formula is C31H30F3N3O2. The zero-order valence-corrected chi connectivity index (χ0v) is 21.7. The van der Waals surface area contributed by atoms with Crippen LogP contribution in [-0.2, 0) is 17.6 Å². The summed E-state index contributed by atoms with van der Waals surface area (Å²) < 4.78 is 38.8. The van der Waals surface area contributed by atoms with Crippen molar-refractivity contribution in [1.29, 1.82) is 0 Å². The Bertz CT molecular complexity index is 1410. The van der Waals surface area contributed by atoms with E-state index < -0.39 is 18.6 Å². The minimum atomic E-state index is -4.27. The lowest BCUT2D eigenvalue weighted by Crippen LogP contribution is -2.43. The summed E-state index contributed by atoms with van der Waals surface area (Å²) in [6.45, 7) is 2.10. The van der Waals surface area contributed by atoms with E-state index in [1.807, 2.05) is 30.3 Å². The molecule has 1 aliphatic heterocycles. The van der Waals surface area contributed by atoms with Crippen molar-refractivity contribution in [3.8, 4) is 0 Å². The molecule has 0 saturated carbocycles. The van der Waals surface area contributed by atoms with Gasteiger partial charge in [-0.15, -0.1) is 0 Å². The van der Waals surface area contributed by atoms with E-state index >= 15 is 0 Å². The summed E-state index contributed by atoms with van der Waals surface area (Å²) >= 11 is 0. The Labute approximate surface area is 225 Å². The van der Waals surface area contributed by atoms with Crippen LogP contribution in [0.4, 0.5) is 18.9 Å². The van der Waals surface area contributed by atoms with Gasteiger partial charge in [-0.2, -0.15) is 13.2 Å². The Morgan fingerprint density at radius 3 is 2.38 bits per heavy atom. The number of carboxylic acids is 1. The summed E-state index contributed by atoms with van der Waals surface area (Å²) in [4.78, 5) is 17.2. The van der Waals surface area contributed by atoms with Crippen molar-refractivity contribution in [2.45, 2.75) is 38.0 Å². The Kier molecular flexibility index (Phi) is 8.24. The Balaban J connectivity index is 1.80. The molecule has 0 radical (unpaired) electrons. The zero-order valence-electron chi connectivity index (χ0n) is 21.7. The van der Waals surface area contributed by atoms with Gasteiger partial charge in [0, 0.05) is 42.8 Å². The number of hydrogen-bond donors (Lipinski definition) is 2. The summed E-state index contributed by atoms with van der Waals surface area (Å²) in [7, 11) is 1.69. The van der Waals surface area contributed by atoms with Gasteiger partial charge in [-0.25, -0.2) is 4.79 Å². The molecule has 5 nitrogen and oxygen atoms in total. The third-order valence-corrected chi connectivity index (χ3v) is 6.80. The number of allylic oxidation sites excluding steroid dienone is 1. The highest BCUT2D eigenvalue weighted by molar-refractivity contribution is 6.09. The number of rotatable bonds is 7. The molecule has 39 heavy (non-hydrogen) atoms. The van der Waals surface area contributed by atoms with Crippen molar-refractivity contribution in [3.63, 3.8) is 0 Å². The number of nitrogens with zero attached hydrogens (tertiary/aromatic N) is 2. The number of fused-ring (bicyclic) bond motifs is 1. The number of carboxylic acid groups (broad SMARTS) is 1. The van der Waals surface area contributed by atoms with Crippen molar-refractivity contribution in [2.75, 3.05) is 11.9 Å². The van der Waals surface area contributed by atoms with Crippen LogP contribution in [-0.4, -0.2) is 36.6 Å². The smallest absolute Gasteiger partial charge is 0.393 e. The van der Waals surface area contributed by atoms with Gasteiger partial charge in [0.05, 0.1) is 12.5 Å². The number of aliphatic carboxylic acids is 1. The van der Waals surface area contributed by atoms with E-state index in [0.29, 0.717) is 0 Å². The lowest BCUT2D eigenvalue weighted by Gasteiger charge is -2.44. The summed E-state index contributed by atoms with van der Waals surface area (Å²) in [5, 5.41) is 8.95. The number of halogens is 3. The molecule has 4 rings (SSSR count). The van der Waals surface area contributed by atoms with Gasteiger partial charge in [0.15, 0.2) is 0 Å². The average molecular weight is 534 g/mol. The fourth-order valence-electron chi connectivity index (χ4n) is 5.12. The number of hydrogen-bond acceptors (Lipinski definition) is 4. The summed E-state index contributed by atoms with van der Waals surface area (Å²) in [5.74, 6) is -1.02. The molecule has 2 unspecified atom stereocenters. The number of benzene rings is 3. The largest absolute Gasteiger partial charge is 0.478 e. The SMILES string of the molecule is CN=CC(=CN)c1ccc2c(c1)CC(C)N(c1ccc(CC(F)(F)F)cc1)C2c1ccc(/C=C/C(=O)O)cc1. The molecule has 0 spiro atoms. The van der Waals surface area contributed by atoms with E-state index in [4.69, 9.17) is 10.8 Å². The first-order chi connectivity index (χ1) is 18.6. The first-order valence-electron chi connectivity index (χ1n) is 12.5. The highest BCUT2D eigenvalue weighted by Crippen LogP contribution is 2.42. The van der Waals surface area contributed by atoms with Crippen LogP contribution in [0, 0.1) is 0 Å². The van der Waals surface area contributed by atoms with E-state index in [1.165, 1.54) is 24.4 Å². The second-order valence-electron chi connectivity index (χ2n) is 9.58. The minimum absolute atomic E-state index is 0.0305. The molecule has 0 bridgehead atoms. The van der Waals surface area contributed by atoms with Gasteiger partial charge in [0.25, 0.3) is 0 Å². The van der Waals surface area contributed by atoms with Crippen molar-refractivity contribution in [3.05, 3.63) is 112 Å². The van der Waals surface area contributed by atoms with Crippen LogP contribution in [0.3, 0.4) is 0 Å². The van der Waals surface area contributed by atoms with Gasteiger partial charge in [-0.05, 0) is 64.9 Å². The fourth-order valence-corrected chi connectivity index (χ4v) is 5.12. The van der Waals surface area contributed by atoms with Crippen LogP contribution < -0.4 is 10.6 Å². The standard InChI is InChI=1S/C31H30F3N3O2/c1-20-15-25-16-24(26(18-35)19-36-2)10-13-28(25)30(23-8-3-21(4-9-23)7-14-29(38)39)37(20)27-11-5-22(6-12-27)17-31(32,33)34/h3-14,16,18-20,30H,15,17,35H2,1-2H3,(H,38,39)/b14-7+,26-18?,36-19?. The van der Waals surface area contributed by atoms with E-state index in [1.54, 1.807) is 25.4 Å². The minimum Gasteiger partial charge on any atom is -0.478 e. The van der Waals surface area contributed by atoms with E-state index in [0.717, 1.165) is 51.6 Å². The molecule has 202 valence electrons. The second kappa shape index (κ2) is 11.6. The first kappa shape index (κ1) is 27.7. The molecule has 1 aliphatic rings. The van der Waals surface area contributed by atoms with E-state index in [9.17, 15) is 18.0 Å². The van der Waals surface area contributed by atoms with Crippen LogP contribution in [0.1, 0.15) is 46.3 Å². The molecule has 3 N–H and O–H groups in total. The highest BCUT2D eigenvalue weighted by atomic mass is 19.4. The number of nitrogens with two attached hydrogens (primary N) is 1. The third kappa shape index (κ3) is 6.57. The predicted octanol–water partition coefficient (Wildman–Crippen LogP) is 6.43. The van der Waals surface area contributed by atoms with Gasteiger partial charge in [-0.1, -0.05) is 54.6 Å². The van der Waals surface area contributed by atoms with Gasteiger partial charge in [0.2, 0.25) is 0 Å². The molecule has 0 aromatic heterocycles. The highest BCUT2D eigenvalue weighted by Gasteiger charge is 2.34. The van der Waals surface area contributed by atoms with Gasteiger partial charge in [-0.3, -0.25) is 4.99 Å². The lowest BCUT2D eigenvalue weighted by atomic mass is 9.83. The normalized spacial score (nSPS) is 18.1. The molecule has 0 amide bonds. The number of alkyl halides is 3. The molecule has 0 aliphatic carbocycles. The molecule has 1 heterocycles. The topological polar surface area (TPSA) is 78.9 Å². The van der Waals surface area contributed by atoms with E-state index in [-0.39, 0.29) is 17.6 Å². The maximum Gasteiger partial charge on any atom is 0.393 e. The van der Waals surface area contributed by atoms with Crippen LogP contribution in [0.15, 0.2) is 84.0 Å². The molecular weight excluding hydrogens is 503 g/mol. The van der Waals surface area contributed by atoms with Crippen molar-refractivity contribution >= 4 is 29.5 Å². The van der Waals surface area contributed by atoms with Gasteiger partial charge in [0.1, 0.15) is 0 Å². The summed E-state index contributed by atoms with van der Waals surface area (Å²) in [6, 6.07) is 20.2. The fraction of sp³-hybridized carbons (Fsp3) is 0.226. The van der Waals surface area contributed by atoms with Crippen molar-refractivity contribution in [1.82, 2.24) is 0 Å². The number of aliphatic imine (C=N–C) groups is 1. The number of anilines is 1. The average Bonchev–Trinajstić information content (AvgIpc) is 2.89. The Morgan fingerprint density at radius 1 is 1.10 bits per heavy atom. The molecule has 0 saturated heterocycles. The molecule has 2 atom stereocenters. The Morgan fingerprint density at radius 2 is 1.79 bits per heavy atom. The quantitative estimate of drug-likeness (QED) is 0.271. The number of carbonyl (C=O) groups is 1. The second-order valence-corrected chi connectivity index (χ2v) is 9.58. The Hall–Kier alpha value is -4.33. The van der Waals surface area contributed by atoms with Crippen molar-refractivity contribution < 1.29 is 23.1 Å². The molecule has 3 aromatic rings. The third-order valence-electron chi connectivity index (χ3n) is 6.80. The maximum absolute atomic E-state index is 12.9. The summed E-state index contributed by atoms with van der Waals surface area (Å²) in [6.07, 6.45) is 1.34. The first-order valence-corrected chi connectivity index (χ1v) is 12.5. The van der Waals surface area contributed by atoms with Crippen LogP contribution >= 0.6 is 0 Å². The van der Waals surface area contributed by atoms with Crippen molar-refractivity contribution in [2.24, 2.45) is 10.7 Å². The van der Waals surface area contributed by atoms with Crippen LogP contribution in [0.25, 0.3) is 11.6 Å². The maximum atomic E-state index is 12.9. The molecule has 0 fully saturated rings. The van der Waals surface area contributed by atoms with Gasteiger partial charge >= 0.3 is 12.1 Å². The summed E-state index contributed by atoms with van der Waals surface area (Å²) in [5.41, 5.74) is 12.6.